The molecule has 0 radical (unpaired) electrons. The summed E-state index contributed by atoms with van der Waals surface area (Å²) in [6.45, 7) is 0. The van der Waals surface area contributed by atoms with Crippen molar-refractivity contribution < 1.29 is 24.3 Å². The first kappa shape index (κ1) is 22.0. The molecule has 0 saturated heterocycles. The second-order valence-electron chi connectivity index (χ2n) is 11.0. The number of amides is 3. The molecule has 5 atom stereocenters. The van der Waals surface area contributed by atoms with Gasteiger partial charge in [-0.05, 0) is 68.1 Å². The van der Waals surface area contributed by atoms with Crippen LogP contribution < -0.4 is 5.32 Å². The molecule has 4 saturated carbocycles. The summed E-state index contributed by atoms with van der Waals surface area (Å²) in [5.41, 5.74) is 0.255. The fraction of sp³-hybridized carbons (Fsp3) is 0.429. The molecule has 35 heavy (non-hydrogen) atoms. The first-order valence-electron chi connectivity index (χ1n) is 12.4. The minimum absolute atomic E-state index is 0.203. The molecule has 7 heteroatoms. The Morgan fingerprint density at radius 3 is 2.06 bits per heavy atom. The fourth-order valence-corrected chi connectivity index (χ4v) is 7.72. The highest BCUT2D eigenvalue weighted by molar-refractivity contribution is 6.22. The average Bonchev–Trinajstić information content (AvgIpc) is 3.09. The van der Waals surface area contributed by atoms with Crippen LogP contribution in [-0.2, 0) is 16.0 Å². The molecule has 2 aromatic rings. The molecule has 3 amide bonds. The highest BCUT2D eigenvalue weighted by Crippen LogP contribution is 2.64. The summed E-state index contributed by atoms with van der Waals surface area (Å²) in [6.07, 6.45) is 4.39. The van der Waals surface area contributed by atoms with E-state index in [1.54, 1.807) is 24.3 Å². The van der Waals surface area contributed by atoms with Gasteiger partial charge in [-0.3, -0.25) is 19.3 Å². The molecule has 4 aliphatic carbocycles. The van der Waals surface area contributed by atoms with Gasteiger partial charge >= 0.3 is 5.97 Å². The predicted molar refractivity (Wildman–Crippen MR) is 127 cm³/mol. The molecule has 180 valence electrons. The van der Waals surface area contributed by atoms with Gasteiger partial charge in [-0.1, -0.05) is 42.5 Å². The van der Waals surface area contributed by atoms with Gasteiger partial charge in [0.25, 0.3) is 11.8 Å². The van der Waals surface area contributed by atoms with E-state index in [2.05, 4.69) is 5.32 Å². The molecule has 2 N–H and O–H groups in total. The van der Waals surface area contributed by atoms with Gasteiger partial charge < -0.3 is 10.4 Å². The zero-order valence-electron chi connectivity index (χ0n) is 19.4. The van der Waals surface area contributed by atoms with Gasteiger partial charge in [0.2, 0.25) is 5.91 Å². The number of nitrogens with zero attached hydrogens (tertiary/aromatic N) is 1. The van der Waals surface area contributed by atoms with Crippen molar-refractivity contribution in [1.82, 2.24) is 10.2 Å². The minimum Gasteiger partial charge on any atom is -0.480 e. The smallest absolute Gasteiger partial charge is 0.326 e. The highest BCUT2D eigenvalue weighted by atomic mass is 16.4. The van der Waals surface area contributed by atoms with E-state index in [0.29, 0.717) is 30.4 Å². The van der Waals surface area contributed by atoms with E-state index >= 15 is 0 Å². The van der Waals surface area contributed by atoms with Crippen molar-refractivity contribution in [2.75, 3.05) is 0 Å². The second kappa shape index (κ2) is 7.77. The SMILES string of the molecule is O=C(O)[C@@H](Cc1ccccc1)NC(=O)C12C[C@H]3C[C@@H](C1)CC(N1C(=O)c4ccccc4C1=O)(C3)C2. The van der Waals surface area contributed by atoms with Gasteiger partial charge in [0.15, 0.2) is 0 Å². The van der Waals surface area contributed by atoms with Crippen LogP contribution in [0.3, 0.4) is 0 Å². The lowest BCUT2D eigenvalue weighted by Gasteiger charge is -2.63. The van der Waals surface area contributed by atoms with E-state index in [-0.39, 0.29) is 36.0 Å². The second-order valence-corrected chi connectivity index (χ2v) is 11.0. The third-order valence-electron chi connectivity index (χ3n) is 8.67. The van der Waals surface area contributed by atoms with Gasteiger partial charge in [-0.2, -0.15) is 0 Å². The molecule has 0 aromatic heterocycles. The van der Waals surface area contributed by atoms with E-state index in [1.165, 1.54) is 4.90 Å². The molecule has 5 aliphatic rings. The largest absolute Gasteiger partial charge is 0.480 e. The number of hydrogen-bond acceptors (Lipinski definition) is 4. The standard InChI is InChI=1S/C28H28N2O5/c31-23-20-8-4-5-9-21(20)24(32)30(23)28-14-18-10-19(15-28)13-27(12-18,16-28)26(35)29-22(25(33)34)11-17-6-2-1-3-7-17/h1-9,18-19,22H,10-16H2,(H,29,35)(H,33,34)/t18-,19+,22-,27?,28?/m1/s1. The monoisotopic (exact) mass is 472 g/mol. The topological polar surface area (TPSA) is 104 Å². The van der Waals surface area contributed by atoms with E-state index in [4.69, 9.17) is 0 Å². The zero-order valence-corrected chi connectivity index (χ0v) is 19.4. The van der Waals surface area contributed by atoms with Crippen LogP contribution in [0, 0.1) is 17.3 Å². The first-order chi connectivity index (χ1) is 16.8. The molecular formula is C28H28N2O5. The summed E-state index contributed by atoms with van der Waals surface area (Å²) >= 11 is 0. The van der Waals surface area contributed by atoms with Crippen LogP contribution in [0.2, 0.25) is 0 Å². The maximum Gasteiger partial charge on any atom is 0.326 e. The number of benzene rings is 2. The fourth-order valence-electron chi connectivity index (χ4n) is 7.72. The van der Waals surface area contributed by atoms with Crippen molar-refractivity contribution in [3.63, 3.8) is 0 Å². The molecule has 7 nitrogen and oxygen atoms in total. The first-order valence-corrected chi connectivity index (χ1v) is 12.4. The van der Waals surface area contributed by atoms with E-state index < -0.39 is 23.0 Å². The number of nitrogens with one attached hydrogen (secondary N) is 1. The van der Waals surface area contributed by atoms with E-state index in [0.717, 1.165) is 24.8 Å². The Kier molecular flexibility index (Phi) is 4.88. The van der Waals surface area contributed by atoms with E-state index in [9.17, 15) is 24.3 Å². The Balaban J connectivity index is 1.29. The van der Waals surface area contributed by atoms with Crippen LogP contribution in [0.5, 0.6) is 0 Å². The summed E-state index contributed by atoms with van der Waals surface area (Å²) in [5, 5.41) is 12.7. The van der Waals surface area contributed by atoms with Crippen molar-refractivity contribution in [3.05, 3.63) is 71.3 Å². The molecule has 2 aromatic carbocycles. The van der Waals surface area contributed by atoms with Crippen molar-refractivity contribution in [2.45, 2.75) is 56.5 Å². The third-order valence-corrected chi connectivity index (χ3v) is 8.67. The minimum atomic E-state index is -1.07. The Morgan fingerprint density at radius 1 is 0.914 bits per heavy atom. The lowest BCUT2D eigenvalue weighted by atomic mass is 9.46. The normalized spacial score (nSPS) is 31.4. The molecule has 4 bridgehead atoms. The number of fused-ring (bicyclic) bond motifs is 1. The number of carbonyl (C=O) groups is 4. The summed E-state index contributed by atoms with van der Waals surface area (Å²) < 4.78 is 0. The predicted octanol–water partition coefficient (Wildman–Crippen LogP) is 3.43. The van der Waals surface area contributed by atoms with Crippen LogP contribution in [-0.4, -0.2) is 45.3 Å². The van der Waals surface area contributed by atoms with Gasteiger partial charge in [0, 0.05) is 6.42 Å². The van der Waals surface area contributed by atoms with Crippen LogP contribution >= 0.6 is 0 Å². The molecule has 1 heterocycles. The number of carbonyl (C=O) groups excluding carboxylic acids is 3. The maximum absolute atomic E-state index is 13.8. The average molecular weight is 473 g/mol. The van der Waals surface area contributed by atoms with Gasteiger partial charge in [0.1, 0.15) is 6.04 Å². The van der Waals surface area contributed by atoms with Gasteiger partial charge in [-0.25, -0.2) is 4.79 Å². The van der Waals surface area contributed by atoms with Crippen molar-refractivity contribution in [2.24, 2.45) is 17.3 Å². The summed E-state index contributed by atoms with van der Waals surface area (Å²) in [6, 6.07) is 15.1. The molecule has 0 spiro atoms. The van der Waals surface area contributed by atoms with Crippen molar-refractivity contribution in [1.29, 1.82) is 0 Å². The number of imide groups is 1. The Hall–Kier alpha value is -3.48. The third kappa shape index (κ3) is 3.39. The van der Waals surface area contributed by atoms with Crippen molar-refractivity contribution >= 4 is 23.7 Å². The Bertz CT molecular complexity index is 1190. The van der Waals surface area contributed by atoms with Gasteiger partial charge in [0.05, 0.1) is 22.1 Å². The van der Waals surface area contributed by atoms with Crippen LogP contribution in [0.4, 0.5) is 0 Å². The highest BCUT2D eigenvalue weighted by Gasteiger charge is 2.65. The number of aliphatic carboxylic acids is 1. The molecular weight excluding hydrogens is 444 g/mol. The summed E-state index contributed by atoms with van der Waals surface area (Å²) in [5.74, 6) is -1.38. The van der Waals surface area contributed by atoms with Crippen molar-refractivity contribution in [3.8, 4) is 0 Å². The number of hydrogen-bond donors (Lipinski definition) is 2. The molecule has 2 unspecified atom stereocenters. The zero-order chi connectivity index (χ0) is 24.4. The summed E-state index contributed by atoms with van der Waals surface area (Å²) in [4.78, 5) is 54.1. The number of rotatable bonds is 6. The quantitative estimate of drug-likeness (QED) is 0.627. The molecule has 1 aliphatic heterocycles. The lowest BCUT2D eigenvalue weighted by molar-refractivity contribution is -0.159. The van der Waals surface area contributed by atoms with E-state index in [1.807, 2.05) is 30.3 Å². The number of carboxylic acids is 1. The van der Waals surface area contributed by atoms with Crippen LogP contribution in [0.25, 0.3) is 0 Å². The van der Waals surface area contributed by atoms with Crippen LogP contribution in [0.15, 0.2) is 54.6 Å². The van der Waals surface area contributed by atoms with Crippen LogP contribution in [0.1, 0.15) is 64.8 Å². The van der Waals surface area contributed by atoms with Gasteiger partial charge in [-0.15, -0.1) is 0 Å². The lowest BCUT2D eigenvalue weighted by Crippen LogP contribution is -2.67. The maximum atomic E-state index is 13.8. The Labute approximate surface area is 203 Å². The Morgan fingerprint density at radius 2 is 1.49 bits per heavy atom. The number of carboxylic acid groups (broad SMARTS) is 1. The summed E-state index contributed by atoms with van der Waals surface area (Å²) in [7, 11) is 0. The molecule has 4 fully saturated rings. The molecule has 7 rings (SSSR count).